The molecule has 0 aliphatic carbocycles. The third-order valence-electron chi connectivity index (χ3n) is 5.55. The van der Waals surface area contributed by atoms with E-state index >= 15 is 0 Å². The highest BCUT2D eigenvalue weighted by Gasteiger charge is 2.24. The second kappa shape index (κ2) is 11.4. The predicted octanol–water partition coefficient (Wildman–Crippen LogP) is 3.30. The van der Waals surface area contributed by atoms with Gasteiger partial charge >= 0.3 is 6.09 Å². The van der Waals surface area contributed by atoms with E-state index in [2.05, 4.69) is 29.7 Å². The minimum atomic E-state index is -0.441. The summed E-state index contributed by atoms with van der Waals surface area (Å²) in [6.45, 7) is 4.53. The second-order valence-electron chi connectivity index (χ2n) is 7.66. The zero-order valence-corrected chi connectivity index (χ0v) is 17.5. The molecule has 6 nitrogen and oxygen atoms in total. The van der Waals surface area contributed by atoms with Crippen molar-refractivity contribution >= 4 is 12.0 Å². The molecule has 6 heteroatoms. The van der Waals surface area contributed by atoms with Crippen molar-refractivity contribution in [2.75, 3.05) is 26.2 Å². The summed E-state index contributed by atoms with van der Waals surface area (Å²) in [4.78, 5) is 26.5. The van der Waals surface area contributed by atoms with Crippen molar-refractivity contribution in [1.29, 1.82) is 0 Å². The highest BCUT2D eigenvalue weighted by molar-refractivity contribution is 5.78. The van der Waals surface area contributed by atoms with Gasteiger partial charge in [0.05, 0.1) is 6.54 Å². The van der Waals surface area contributed by atoms with Gasteiger partial charge in [0.1, 0.15) is 6.61 Å². The molecule has 1 fully saturated rings. The van der Waals surface area contributed by atoms with Gasteiger partial charge in [-0.1, -0.05) is 67.6 Å². The number of alkyl carbamates (subject to hydrolysis) is 1. The Morgan fingerprint density at radius 1 is 1.17 bits per heavy atom. The summed E-state index contributed by atoms with van der Waals surface area (Å²) in [5.74, 6) is 0.441. The molecule has 1 saturated heterocycles. The van der Waals surface area contributed by atoms with Crippen LogP contribution in [-0.4, -0.2) is 49.1 Å². The van der Waals surface area contributed by atoms with E-state index in [0.29, 0.717) is 19.0 Å². The van der Waals surface area contributed by atoms with Gasteiger partial charge < -0.3 is 20.3 Å². The Bertz CT molecular complexity index is 798. The van der Waals surface area contributed by atoms with Crippen LogP contribution in [0.3, 0.4) is 0 Å². The van der Waals surface area contributed by atoms with Gasteiger partial charge in [-0.3, -0.25) is 4.79 Å². The number of nitrogens with zero attached hydrogens (tertiary/aromatic N) is 1. The maximum absolute atomic E-state index is 12.6. The van der Waals surface area contributed by atoms with Crippen LogP contribution in [0.25, 0.3) is 0 Å². The van der Waals surface area contributed by atoms with E-state index in [1.54, 1.807) is 0 Å². The minimum Gasteiger partial charge on any atom is -0.445 e. The van der Waals surface area contributed by atoms with Gasteiger partial charge in [0.25, 0.3) is 0 Å². The number of ether oxygens (including phenoxy) is 1. The number of carbonyl (C=O) groups is 2. The first kappa shape index (κ1) is 21.8. The second-order valence-corrected chi connectivity index (χ2v) is 7.66. The molecule has 30 heavy (non-hydrogen) atoms. The van der Waals surface area contributed by atoms with Crippen LogP contribution in [0, 0.1) is 0 Å². The average molecular weight is 410 g/mol. The van der Waals surface area contributed by atoms with Crippen LogP contribution < -0.4 is 10.6 Å². The van der Waals surface area contributed by atoms with Crippen molar-refractivity contribution < 1.29 is 14.3 Å². The lowest BCUT2D eigenvalue weighted by atomic mass is 9.96. The van der Waals surface area contributed by atoms with E-state index in [-0.39, 0.29) is 25.1 Å². The molecule has 1 heterocycles. The zero-order valence-electron chi connectivity index (χ0n) is 17.5. The highest BCUT2D eigenvalue weighted by atomic mass is 16.5. The first-order valence-electron chi connectivity index (χ1n) is 10.7. The van der Waals surface area contributed by atoms with Crippen LogP contribution in [-0.2, 0) is 16.1 Å². The minimum absolute atomic E-state index is 0.0417. The quantitative estimate of drug-likeness (QED) is 0.702. The molecule has 1 aliphatic rings. The van der Waals surface area contributed by atoms with Crippen LogP contribution >= 0.6 is 0 Å². The predicted molar refractivity (Wildman–Crippen MR) is 117 cm³/mol. The summed E-state index contributed by atoms with van der Waals surface area (Å²) in [5, 5.41) is 6.06. The number of nitrogens with one attached hydrogen (secondary N) is 2. The summed E-state index contributed by atoms with van der Waals surface area (Å²) in [5.41, 5.74) is 2.22. The van der Waals surface area contributed by atoms with E-state index in [4.69, 9.17) is 4.74 Å². The molecule has 3 rings (SSSR count). The molecule has 0 bridgehead atoms. The lowest BCUT2D eigenvalue weighted by Gasteiger charge is -2.26. The van der Waals surface area contributed by atoms with Gasteiger partial charge in [-0.05, 0) is 24.0 Å². The number of rotatable bonds is 8. The zero-order chi connectivity index (χ0) is 21.2. The highest BCUT2D eigenvalue weighted by Crippen LogP contribution is 2.21. The fourth-order valence-corrected chi connectivity index (χ4v) is 3.69. The third-order valence-corrected chi connectivity index (χ3v) is 5.55. The molecule has 0 spiro atoms. The molecule has 2 amide bonds. The topological polar surface area (TPSA) is 70.7 Å². The number of hydrogen-bond donors (Lipinski definition) is 2. The first-order chi connectivity index (χ1) is 14.7. The van der Waals surface area contributed by atoms with Gasteiger partial charge in [-0.2, -0.15) is 0 Å². The molecular weight excluding hydrogens is 378 g/mol. The molecule has 0 saturated carbocycles. The molecule has 2 aromatic carbocycles. The molecule has 2 N–H and O–H groups in total. The Hall–Kier alpha value is -2.86. The summed E-state index contributed by atoms with van der Waals surface area (Å²) >= 11 is 0. The summed E-state index contributed by atoms with van der Waals surface area (Å²) in [7, 11) is 0. The SMILES string of the molecule is CCC(CN1CC[C@@H](CNC(=O)OCc2ccccc2)NCC1=O)c1ccccc1. The Balaban J connectivity index is 1.44. The number of carbonyl (C=O) groups excluding carboxylic acids is 2. The maximum atomic E-state index is 12.6. The Labute approximate surface area is 178 Å². The van der Waals surface area contributed by atoms with Gasteiger partial charge in [0.2, 0.25) is 5.91 Å². The molecule has 1 aliphatic heterocycles. The Morgan fingerprint density at radius 3 is 2.57 bits per heavy atom. The summed E-state index contributed by atoms with van der Waals surface area (Å²) in [6, 6.07) is 20.0. The standard InChI is InChI=1S/C24H31N3O3/c1-2-20(21-11-7-4-8-12-21)17-27-14-13-22(25-16-23(27)28)15-26-24(29)30-18-19-9-5-3-6-10-19/h3-12,20,22,25H,2,13-18H2,1H3,(H,26,29)/t20?,22-/m0/s1. The number of benzene rings is 2. The van der Waals surface area contributed by atoms with Crippen molar-refractivity contribution in [3.8, 4) is 0 Å². The van der Waals surface area contributed by atoms with Crippen molar-refractivity contribution in [2.45, 2.75) is 38.3 Å². The van der Waals surface area contributed by atoms with Crippen molar-refractivity contribution in [3.63, 3.8) is 0 Å². The third kappa shape index (κ3) is 6.59. The summed E-state index contributed by atoms with van der Waals surface area (Å²) < 4.78 is 5.25. The molecular formula is C24H31N3O3. The number of amides is 2. The van der Waals surface area contributed by atoms with Crippen LogP contribution in [0.5, 0.6) is 0 Å². The number of hydrogen-bond acceptors (Lipinski definition) is 4. The van der Waals surface area contributed by atoms with Crippen LogP contribution in [0.1, 0.15) is 36.8 Å². The van der Waals surface area contributed by atoms with Crippen LogP contribution in [0.4, 0.5) is 4.79 Å². The molecule has 1 unspecified atom stereocenters. The molecule has 0 radical (unpaired) electrons. The van der Waals surface area contributed by atoms with E-state index in [1.165, 1.54) is 5.56 Å². The van der Waals surface area contributed by atoms with Crippen LogP contribution in [0.15, 0.2) is 60.7 Å². The molecule has 0 aromatic heterocycles. The van der Waals surface area contributed by atoms with Crippen LogP contribution in [0.2, 0.25) is 0 Å². The van der Waals surface area contributed by atoms with E-state index in [9.17, 15) is 9.59 Å². The van der Waals surface area contributed by atoms with Crippen molar-refractivity contribution in [3.05, 3.63) is 71.8 Å². The average Bonchev–Trinajstić information content (AvgIpc) is 2.97. The Kier molecular flexibility index (Phi) is 8.27. The first-order valence-corrected chi connectivity index (χ1v) is 10.7. The lowest BCUT2D eigenvalue weighted by Crippen LogP contribution is -2.42. The molecule has 2 aromatic rings. The largest absolute Gasteiger partial charge is 0.445 e. The smallest absolute Gasteiger partial charge is 0.407 e. The van der Waals surface area contributed by atoms with Gasteiger partial charge in [0, 0.05) is 31.6 Å². The van der Waals surface area contributed by atoms with Crippen molar-refractivity contribution in [2.24, 2.45) is 0 Å². The van der Waals surface area contributed by atoms with E-state index in [1.807, 2.05) is 53.4 Å². The van der Waals surface area contributed by atoms with Gasteiger partial charge in [0.15, 0.2) is 0 Å². The fraction of sp³-hybridized carbons (Fsp3) is 0.417. The molecule has 160 valence electrons. The Morgan fingerprint density at radius 2 is 1.87 bits per heavy atom. The van der Waals surface area contributed by atoms with Gasteiger partial charge in [-0.25, -0.2) is 4.79 Å². The normalized spacial score (nSPS) is 17.8. The maximum Gasteiger partial charge on any atom is 0.407 e. The van der Waals surface area contributed by atoms with E-state index in [0.717, 1.165) is 24.9 Å². The fourth-order valence-electron chi connectivity index (χ4n) is 3.69. The molecule has 2 atom stereocenters. The monoisotopic (exact) mass is 409 g/mol. The lowest BCUT2D eigenvalue weighted by molar-refractivity contribution is -0.129. The van der Waals surface area contributed by atoms with Crippen molar-refractivity contribution in [1.82, 2.24) is 15.5 Å². The summed E-state index contributed by atoms with van der Waals surface area (Å²) in [6.07, 6.45) is 1.33. The van der Waals surface area contributed by atoms with E-state index < -0.39 is 6.09 Å². The van der Waals surface area contributed by atoms with Gasteiger partial charge in [-0.15, -0.1) is 0 Å².